The largest absolute Gasteiger partial charge is 0.393 e. The maximum Gasteiger partial charge on any atom is 0.255 e. The summed E-state index contributed by atoms with van der Waals surface area (Å²) >= 11 is 0. The first-order chi connectivity index (χ1) is 18.5. The average molecular weight is 510 g/mol. The highest BCUT2D eigenvalue weighted by molar-refractivity contribution is 6.05. The molecule has 0 radical (unpaired) electrons. The molecule has 0 spiro atoms. The number of nitrogens with zero attached hydrogens (tertiary/aromatic N) is 3. The van der Waals surface area contributed by atoms with Gasteiger partial charge in [0.25, 0.3) is 11.8 Å². The lowest BCUT2D eigenvalue weighted by molar-refractivity contribution is 0.0951. The Balaban J connectivity index is 1.11. The number of hydrogen-bond acceptors (Lipinski definition) is 5. The molecule has 0 bridgehead atoms. The highest BCUT2D eigenvalue weighted by atomic mass is 16.3. The first kappa shape index (κ1) is 24.2. The molecule has 38 heavy (non-hydrogen) atoms. The van der Waals surface area contributed by atoms with Crippen molar-refractivity contribution in [1.29, 1.82) is 0 Å². The predicted octanol–water partition coefficient (Wildman–Crippen LogP) is 4.38. The molecule has 2 fully saturated rings. The monoisotopic (exact) mass is 509 g/mol. The van der Waals surface area contributed by atoms with Crippen LogP contribution in [0.1, 0.15) is 46.4 Å². The number of fused-ring (bicyclic) bond motifs is 1. The second-order valence-corrected chi connectivity index (χ2v) is 10.2. The summed E-state index contributed by atoms with van der Waals surface area (Å²) in [5.41, 5.74) is 4.75. The fourth-order valence-corrected chi connectivity index (χ4v) is 4.88. The Labute approximate surface area is 221 Å². The molecule has 3 aromatic carbocycles. The van der Waals surface area contributed by atoms with Gasteiger partial charge in [0.2, 0.25) is 0 Å². The van der Waals surface area contributed by atoms with Crippen molar-refractivity contribution in [3.63, 3.8) is 0 Å². The summed E-state index contributed by atoms with van der Waals surface area (Å²) in [5.74, 6) is 0.424. The minimum absolute atomic E-state index is 0.0462. The Morgan fingerprint density at radius 2 is 1.50 bits per heavy atom. The third kappa shape index (κ3) is 5.26. The Morgan fingerprint density at radius 3 is 2.18 bits per heavy atom. The molecule has 2 amide bonds. The van der Waals surface area contributed by atoms with Crippen LogP contribution in [0.3, 0.4) is 0 Å². The van der Waals surface area contributed by atoms with Crippen LogP contribution in [0.25, 0.3) is 16.6 Å². The fraction of sp³-hybridized carbons (Fsp3) is 0.300. The number of carbonyl (C=O) groups is 2. The topological polar surface area (TPSA) is 99.5 Å². The van der Waals surface area contributed by atoms with Gasteiger partial charge in [-0.05, 0) is 98.3 Å². The molecule has 2 aliphatic rings. The summed E-state index contributed by atoms with van der Waals surface area (Å²) in [6.07, 6.45) is 5.50. The Morgan fingerprint density at radius 1 is 0.842 bits per heavy atom. The van der Waals surface area contributed by atoms with Crippen LogP contribution in [0.15, 0.2) is 72.9 Å². The van der Waals surface area contributed by atoms with Crippen molar-refractivity contribution in [2.45, 2.75) is 31.8 Å². The molecule has 0 unspecified atom stereocenters. The molecule has 4 aromatic rings. The van der Waals surface area contributed by atoms with E-state index in [2.05, 4.69) is 20.6 Å². The second-order valence-electron chi connectivity index (χ2n) is 10.2. The zero-order valence-corrected chi connectivity index (χ0v) is 21.1. The van der Waals surface area contributed by atoms with Crippen LogP contribution in [0.4, 0.5) is 11.4 Å². The molecular weight excluding hydrogens is 478 g/mol. The van der Waals surface area contributed by atoms with E-state index in [9.17, 15) is 14.7 Å². The second kappa shape index (κ2) is 10.3. The number of piperidine rings is 1. The van der Waals surface area contributed by atoms with Crippen molar-refractivity contribution in [3.8, 4) is 5.69 Å². The van der Waals surface area contributed by atoms with Crippen LogP contribution in [0.5, 0.6) is 0 Å². The number of aliphatic hydroxyl groups excluding tert-OH is 1. The first-order valence-corrected chi connectivity index (χ1v) is 13.2. The van der Waals surface area contributed by atoms with Crippen molar-refractivity contribution >= 4 is 34.1 Å². The minimum atomic E-state index is -0.212. The van der Waals surface area contributed by atoms with Gasteiger partial charge in [0.15, 0.2) is 0 Å². The van der Waals surface area contributed by atoms with E-state index in [0.717, 1.165) is 54.8 Å². The molecule has 1 aliphatic carbocycles. The van der Waals surface area contributed by atoms with Gasteiger partial charge in [-0.2, -0.15) is 5.10 Å². The average Bonchev–Trinajstić information content (AvgIpc) is 3.69. The molecule has 6 rings (SSSR count). The van der Waals surface area contributed by atoms with E-state index in [0.29, 0.717) is 22.7 Å². The lowest BCUT2D eigenvalue weighted by Crippen LogP contribution is -2.35. The predicted molar refractivity (Wildman–Crippen MR) is 148 cm³/mol. The Bertz CT molecular complexity index is 1450. The van der Waals surface area contributed by atoms with Crippen LogP contribution < -0.4 is 15.5 Å². The van der Waals surface area contributed by atoms with Crippen molar-refractivity contribution in [3.05, 3.63) is 84.1 Å². The SMILES string of the molecule is O=C(NCC1CC1)c1ccc(-n2ncc3cc(NC(=O)c4ccc(N5CCC(O)CC5)cc4)ccc32)cc1. The van der Waals surface area contributed by atoms with Crippen molar-refractivity contribution in [1.82, 2.24) is 15.1 Å². The molecule has 1 saturated carbocycles. The summed E-state index contributed by atoms with van der Waals surface area (Å²) < 4.78 is 1.82. The van der Waals surface area contributed by atoms with Crippen LogP contribution in [0, 0.1) is 5.92 Å². The number of nitrogens with one attached hydrogen (secondary N) is 2. The lowest BCUT2D eigenvalue weighted by atomic mass is 10.1. The van der Waals surface area contributed by atoms with E-state index in [1.54, 1.807) is 6.20 Å². The normalized spacial score (nSPS) is 16.0. The standard InChI is InChI=1S/C30H31N5O3/c36-27-13-15-34(16-14-27)25-8-3-22(4-9-25)30(38)33-24-7-12-28-23(17-24)19-32-35(28)26-10-5-21(6-11-26)29(37)31-18-20-1-2-20/h3-12,17,19-20,27,36H,1-2,13-16,18H2,(H,31,37)(H,33,38). The highest BCUT2D eigenvalue weighted by Gasteiger charge is 2.22. The smallest absolute Gasteiger partial charge is 0.255 e. The van der Waals surface area contributed by atoms with Gasteiger partial charge in [0.1, 0.15) is 0 Å². The Hall–Kier alpha value is -4.17. The van der Waals surface area contributed by atoms with Crippen LogP contribution in [0.2, 0.25) is 0 Å². The zero-order valence-electron chi connectivity index (χ0n) is 21.1. The third-order valence-corrected chi connectivity index (χ3v) is 7.41. The molecule has 2 heterocycles. The number of rotatable bonds is 7. The molecule has 3 N–H and O–H groups in total. The van der Waals surface area contributed by atoms with Gasteiger partial charge in [0, 0.05) is 47.5 Å². The van der Waals surface area contributed by atoms with Crippen LogP contribution in [-0.2, 0) is 0 Å². The maximum absolute atomic E-state index is 12.9. The molecule has 0 atom stereocenters. The van der Waals surface area contributed by atoms with E-state index < -0.39 is 0 Å². The summed E-state index contributed by atoms with van der Waals surface area (Å²) in [4.78, 5) is 27.4. The van der Waals surface area contributed by atoms with Gasteiger partial charge < -0.3 is 20.6 Å². The summed E-state index contributed by atoms with van der Waals surface area (Å²) in [5, 5.41) is 21.1. The summed E-state index contributed by atoms with van der Waals surface area (Å²) in [6, 6.07) is 20.7. The van der Waals surface area contributed by atoms with Gasteiger partial charge in [-0.3, -0.25) is 9.59 Å². The first-order valence-electron chi connectivity index (χ1n) is 13.2. The Kier molecular flexibility index (Phi) is 6.55. The quantitative estimate of drug-likeness (QED) is 0.343. The summed E-state index contributed by atoms with van der Waals surface area (Å²) in [6.45, 7) is 2.39. The minimum Gasteiger partial charge on any atom is -0.393 e. The maximum atomic E-state index is 12.9. The molecule has 8 heteroatoms. The molecule has 8 nitrogen and oxygen atoms in total. The fourth-order valence-electron chi connectivity index (χ4n) is 4.88. The number of benzene rings is 3. The number of aliphatic hydroxyl groups is 1. The van der Waals surface area contributed by atoms with Crippen molar-refractivity contribution in [2.24, 2.45) is 5.92 Å². The van der Waals surface area contributed by atoms with Crippen molar-refractivity contribution in [2.75, 3.05) is 29.9 Å². The number of anilines is 2. The number of carbonyl (C=O) groups excluding carboxylic acids is 2. The van der Waals surface area contributed by atoms with E-state index in [-0.39, 0.29) is 17.9 Å². The van der Waals surface area contributed by atoms with Gasteiger partial charge in [-0.15, -0.1) is 0 Å². The van der Waals surface area contributed by atoms with Gasteiger partial charge >= 0.3 is 0 Å². The van der Waals surface area contributed by atoms with Gasteiger partial charge in [-0.25, -0.2) is 4.68 Å². The zero-order chi connectivity index (χ0) is 26.1. The van der Waals surface area contributed by atoms with Crippen LogP contribution >= 0.6 is 0 Å². The molecule has 1 aliphatic heterocycles. The number of hydrogen-bond donors (Lipinski definition) is 3. The van der Waals surface area contributed by atoms with Gasteiger partial charge in [0.05, 0.1) is 23.5 Å². The molecule has 194 valence electrons. The number of aromatic nitrogens is 2. The highest BCUT2D eigenvalue weighted by Crippen LogP contribution is 2.28. The molecular formula is C30H31N5O3. The van der Waals surface area contributed by atoms with E-state index in [1.165, 1.54) is 12.8 Å². The summed E-state index contributed by atoms with van der Waals surface area (Å²) in [7, 11) is 0. The van der Waals surface area contributed by atoms with E-state index >= 15 is 0 Å². The third-order valence-electron chi connectivity index (χ3n) is 7.41. The lowest BCUT2D eigenvalue weighted by Gasteiger charge is -2.31. The van der Waals surface area contributed by atoms with Gasteiger partial charge in [-0.1, -0.05) is 0 Å². The number of amides is 2. The van der Waals surface area contributed by atoms with Crippen LogP contribution in [-0.4, -0.2) is 52.4 Å². The van der Waals surface area contributed by atoms with Crippen molar-refractivity contribution < 1.29 is 14.7 Å². The van der Waals surface area contributed by atoms with E-state index in [1.807, 2.05) is 71.4 Å². The van der Waals surface area contributed by atoms with E-state index in [4.69, 9.17) is 0 Å². The molecule has 1 saturated heterocycles. The molecule has 1 aromatic heterocycles.